The molecule has 1 unspecified atom stereocenters. The van der Waals surface area contributed by atoms with Crippen molar-refractivity contribution in [2.75, 3.05) is 6.61 Å². The molecular formula is C13H14BrFO2. The monoisotopic (exact) mass is 300 g/mol. The molecular weight excluding hydrogens is 287 g/mol. The summed E-state index contributed by atoms with van der Waals surface area (Å²) < 4.78 is 19.1. The first-order valence-corrected chi connectivity index (χ1v) is 6.56. The third-order valence-corrected chi connectivity index (χ3v) is 3.60. The lowest BCUT2D eigenvalue weighted by Crippen LogP contribution is -2.09. The van der Waals surface area contributed by atoms with Crippen LogP contribution in [0.4, 0.5) is 4.39 Å². The molecule has 92 valence electrons. The summed E-state index contributed by atoms with van der Waals surface area (Å²) in [5.74, 6) is -0.417. The van der Waals surface area contributed by atoms with Crippen molar-refractivity contribution in [3.8, 4) is 0 Å². The molecule has 1 aromatic rings. The molecule has 0 bridgehead atoms. The fourth-order valence-electron chi connectivity index (χ4n) is 1.98. The van der Waals surface area contributed by atoms with E-state index in [1.54, 1.807) is 12.1 Å². The molecule has 1 heterocycles. The minimum Gasteiger partial charge on any atom is -0.378 e. The summed E-state index contributed by atoms with van der Waals surface area (Å²) in [4.78, 5) is 11.8. The molecule has 17 heavy (non-hydrogen) atoms. The van der Waals surface area contributed by atoms with Crippen molar-refractivity contribution in [1.29, 1.82) is 0 Å². The number of carbonyl (C=O) groups excluding carboxylic acids is 1. The van der Waals surface area contributed by atoms with Crippen molar-refractivity contribution >= 4 is 21.7 Å². The zero-order valence-corrected chi connectivity index (χ0v) is 11.0. The van der Waals surface area contributed by atoms with Crippen LogP contribution < -0.4 is 0 Å². The van der Waals surface area contributed by atoms with Crippen LogP contribution in [-0.4, -0.2) is 18.5 Å². The van der Waals surface area contributed by atoms with Crippen LogP contribution in [0, 0.1) is 5.82 Å². The third-order valence-electron chi connectivity index (χ3n) is 2.96. The van der Waals surface area contributed by atoms with E-state index < -0.39 is 5.82 Å². The van der Waals surface area contributed by atoms with Crippen molar-refractivity contribution in [1.82, 2.24) is 0 Å². The smallest absolute Gasteiger partial charge is 0.163 e. The van der Waals surface area contributed by atoms with Gasteiger partial charge in [-0.3, -0.25) is 4.79 Å². The molecule has 0 aromatic heterocycles. The molecule has 0 saturated carbocycles. The normalized spacial score (nSPS) is 19.5. The molecule has 0 aliphatic carbocycles. The second-order valence-corrected chi connectivity index (χ2v) is 5.08. The standard InChI is InChI=1S/C13H14BrFO2/c14-11-5-3-9(8-12(11)15)13(16)6-4-10-2-1-7-17-10/h3,5,8,10H,1-2,4,6-7H2. The van der Waals surface area contributed by atoms with Crippen LogP contribution in [0.2, 0.25) is 0 Å². The predicted octanol–water partition coefficient (Wildman–Crippen LogP) is 3.73. The van der Waals surface area contributed by atoms with Gasteiger partial charge in [0.25, 0.3) is 0 Å². The van der Waals surface area contributed by atoms with Gasteiger partial charge in [0.15, 0.2) is 5.78 Å². The second kappa shape index (κ2) is 5.74. The Morgan fingerprint density at radius 2 is 2.35 bits per heavy atom. The first-order chi connectivity index (χ1) is 8.16. The van der Waals surface area contributed by atoms with Gasteiger partial charge in [0.05, 0.1) is 10.6 Å². The van der Waals surface area contributed by atoms with Crippen LogP contribution in [0.15, 0.2) is 22.7 Å². The van der Waals surface area contributed by atoms with E-state index in [0.29, 0.717) is 16.5 Å². The van der Waals surface area contributed by atoms with Crippen molar-refractivity contribution < 1.29 is 13.9 Å². The average molecular weight is 301 g/mol. The molecule has 2 nitrogen and oxygen atoms in total. The highest BCUT2D eigenvalue weighted by molar-refractivity contribution is 9.10. The highest BCUT2D eigenvalue weighted by atomic mass is 79.9. The van der Waals surface area contributed by atoms with Crippen LogP contribution in [-0.2, 0) is 4.74 Å². The summed E-state index contributed by atoms with van der Waals surface area (Å²) in [7, 11) is 0. The molecule has 1 aliphatic heterocycles. The average Bonchev–Trinajstić information content (AvgIpc) is 2.82. The maximum atomic E-state index is 13.3. The molecule has 0 radical (unpaired) electrons. The quantitative estimate of drug-likeness (QED) is 0.792. The summed E-state index contributed by atoms with van der Waals surface area (Å²) in [6.45, 7) is 0.797. The summed E-state index contributed by atoms with van der Waals surface area (Å²) in [5, 5.41) is 0. The van der Waals surface area contributed by atoms with E-state index in [1.165, 1.54) is 6.07 Å². The SMILES string of the molecule is O=C(CCC1CCCO1)c1ccc(Br)c(F)c1. The number of Topliss-reactive ketones (excluding diaryl/α,β-unsaturated/α-hetero) is 1. The number of ether oxygens (including phenoxy) is 1. The third kappa shape index (κ3) is 3.36. The van der Waals surface area contributed by atoms with Crippen molar-refractivity contribution in [2.45, 2.75) is 31.8 Å². The van der Waals surface area contributed by atoms with E-state index in [1.807, 2.05) is 0 Å². The van der Waals surface area contributed by atoms with E-state index in [0.717, 1.165) is 25.9 Å². The Labute approximate surface area is 108 Å². The van der Waals surface area contributed by atoms with E-state index in [2.05, 4.69) is 15.9 Å². The van der Waals surface area contributed by atoms with Gasteiger partial charge in [0.2, 0.25) is 0 Å². The van der Waals surface area contributed by atoms with Gasteiger partial charge in [-0.05, 0) is 47.3 Å². The van der Waals surface area contributed by atoms with Crippen LogP contribution in [0.25, 0.3) is 0 Å². The number of rotatable bonds is 4. The van der Waals surface area contributed by atoms with Gasteiger partial charge >= 0.3 is 0 Å². The van der Waals surface area contributed by atoms with Crippen LogP contribution >= 0.6 is 15.9 Å². The molecule has 1 fully saturated rings. The van der Waals surface area contributed by atoms with Gasteiger partial charge in [0, 0.05) is 18.6 Å². The van der Waals surface area contributed by atoms with Crippen LogP contribution in [0.5, 0.6) is 0 Å². The van der Waals surface area contributed by atoms with Gasteiger partial charge in [-0.15, -0.1) is 0 Å². The number of carbonyl (C=O) groups is 1. The number of hydrogen-bond donors (Lipinski definition) is 0. The van der Waals surface area contributed by atoms with Crippen molar-refractivity contribution in [3.05, 3.63) is 34.1 Å². The minimum absolute atomic E-state index is 0.0214. The summed E-state index contributed by atoms with van der Waals surface area (Å²) in [6.07, 6.45) is 3.47. The molecule has 0 amide bonds. The van der Waals surface area contributed by atoms with Crippen molar-refractivity contribution in [3.63, 3.8) is 0 Å². The Balaban J connectivity index is 1.92. The molecule has 1 saturated heterocycles. The molecule has 1 atom stereocenters. The van der Waals surface area contributed by atoms with Gasteiger partial charge in [-0.25, -0.2) is 4.39 Å². The van der Waals surface area contributed by atoms with Crippen molar-refractivity contribution in [2.24, 2.45) is 0 Å². The number of benzene rings is 1. The first-order valence-electron chi connectivity index (χ1n) is 5.76. The van der Waals surface area contributed by atoms with Gasteiger partial charge in [-0.2, -0.15) is 0 Å². The topological polar surface area (TPSA) is 26.3 Å². The molecule has 0 N–H and O–H groups in total. The lowest BCUT2D eigenvalue weighted by atomic mass is 10.0. The van der Waals surface area contributed by atoms with Gasteiger partial charge in [-0.1, -0.05) is 6.07 Å². The van der Waals surface area contributed by atoms with E-state index in [9.17, 15) is 9.18 Å². The maximum Gasteiger partial charge on any atom is 0.163 e. The van der Waals surface area contributed by atoms with Crippen LogP contribution in [0.3, 0.4) is 0 Å². The molecule has 2 rings (SSSR count). The number of ketones is 1. The lowest BCUT2D eigenvalue weighted by molar-refractivity contribution is 0.0859. The fraction of sp³-hybridized carbons (Fsp3) is 0.462. The molecule has 0 spiro atoms. The molecule has 1 aliphatic rings. The molecule has 4 heteroatoms. The summed E-state index contributed by atoms with van der Waals surface area (Å²) >= 11 is 3.07. The van der Waals surface area contributed by atoms with Gasteiger partial charge in [0.1, 0.15) is 5.82 Å². The highest BCUT2D eigenvalue weighted by Gasteiger charge is 2.17. The van der Waals surface area contributed by atoms with Crippen LogP contribution in [0.1, 0.15) is 36.0 Å². The number of halogens is 2. The lowest BCUT2D eigenvalue weighted by Gasteiger charge is -2.08. The number of hydrogen-bond acceptors (Lipinski definition) is 2. The van der Waals surface area contributed by atoms with E-state index in [4.69, 9.17) is 4.74 Å². The Kier molecular flexibility index (Phi) is 4.29. The summed E-state index contributed by atoms with van der Waals surface area (Å²) in [6, 6.07) is 4.49. The fourth-order valence-corrected chi connectivity index (χ4v) is 2.22. The predicted molar refractivity (Wildman–Crippen MR) is 66.6 cm³/mol. The maximum absolute atomic E-state index is 13.3. The Morgan fingerprint density at radius 3 is 3.00 bits per heavy atom. The first kappa shape index (κ1) is 12.7. The highest BCUT2D eigenvalue weighted by Crippen LogP contribution is 2.20. The largest absolute Gasteiger partial charge is 0.378 e. The van der Waals surface area contributed by atoms with E-state index >= 15 is 0 Å². The Morgan fingerprint density at radius 1 is 1.53 bits per heavy atom. The Hall–Kier alpha value is -0.740. The molecule has 1 aromatic carbocycles. The zero-order chi connectivity index (χ0) is 12.3. The van der Waals surface area contributed by atoms with E-state index in [-0.39, 0.29) is 11.9 Å². The minimum atomic E-state index is -0.395. The van der Waals surface area contributed by atoms with Gasteiger partial charge < -0.3 is 4.74 Å². The Bertz CT molecular complexity index is 414. The second-order valence-electron chi connectivity index (χ2n) is 4.23. The zero-order valence-electron chi connectivity index (χ0n) is 9.42. The summed E-state index contributed by atoms with van der Waals surface area (Å²) in [5.41, 5.74) is 0.434.